The molecule has 0 spiro atoms. The van der Waals surface area contributed by atoms with Crippen LogP contribution >= 0.6 is 11.3 Å². The number of morpholine rings is 1. The molecular formula is C16H18N2O2S. The van der Waals surface area contributed by atoms with Gasteiger partial charge in [-0.05, 0) is 19.4 Å². The molecule has 1 aromatic heterocycles. The van der Waals surface area contributed by atoms with Gasteiger partial charge in [0, 0.05) is 6.54 Å². The van der Waals surface area contributed by atoms with Gasteiger partial charge in [-0.3, -0.25) is 4.79 Å². The van der Waals surface area contributed by atoms with Gasteiger partial charge in [0.25, 0.3) is 5.91 Å². The molecular weight excluding hydrogens is 284 g/mol. The van der Waals surface area contributed by atoms with Crippen molar-refractivity contribution in [3.05, 3.63) is 52.0 Å². The van der Waals surface area contributed by atoms with E-state index >= 15 is 0 Å². The first-order valence-corrected chi connectivity index (χ1v) is 7.93. The number of amides is 1. The first-order valence-electron chi connectivity index (χ1n) is 7.05. The maximum Gasteiger partial charge on any atom is 0.266 e. The van der Waals surface area contributed by atoms with Gasteiger partial charge in [-0.1, -0.05) is 30.3 Å². The van der Waals surface area contributed by atoms with Crippen molar-refractivity contribution in [2.75, 3.05) is 13.1 Å². The number of carbonyl (C=O) groups excluding carboxylic acids is 1. The van der Waals surface area contributed by atoms with Gasteiger partial charge in [0.2, 0.25) is 0 Å². The van der Waals surface area contributed by atoms with Crippen molar-refractivity contribution in [2.45, 2.75) is 26.1 Å². The van der Waals surface area contributed by atoms with Crippen LogP contribution in [0.2, 0.25) is 0 Å². The molecule has 1 amide bonds. The van der Waals surface area contributed by atoms with Crippen LogP contribution in [0.5, 0.6) is 0 Å². The van der Waals surface area contributed by atoms with Crippen LogP contribution in [0.15, 0.2) is 35.8 Å². The minimum atomic E-state index is -0.0628. The van der Waals surface area contributed by atoms with Crippen molar-refractivity contribution in [3.63, 3.8) is 0 Å². The number of nitrogens with zero attached hydrogens (tertiary/aromatic N) is 2. The standard InChI is InChI=1S/C16H18N2O2S/c1-11-8-18(16(19)15-12(2)17-10-21-15)9-14(20-11)13-6-4-3-5-7-13/h3-7,10-11,14H,8-9H2,1-2H3/t11-,14-/m0/s1. The molecule has 1 aliphatic heterocycles. The Bertz CT molecular complexity index is 626. The molecule has 0 unspecified atom stereocenters. The number of aromatic nitrogens is 1. The summed E-state index contributed by atoms with van der Waals surface area (Å²) in [5.41, 5.74) is 3.64. The van der Waals surface area contributed by atoms with E-state index in [0.717, 1.165) is 16.1 Å². The monoisotopic (exact) mass is 302 g/mol. The summed E-state index contributed by atoms with van der Waals surface area (Å²) < 4.78 is 5.99. The maximum absolute atomic E-state index is 12.6. The lowest BCUT2D eigenvalue weighted by Crippen LogP contribution is -2.45. The summed E-state index contributed by atoms with van der Waals surface area (Å²) >= 11 is 1.41. The minimum absolute atomic E-state index is 0.0288. The van der Waals surface area contributed by atoms with E-state index in [2.05, 4.69) is 4.98 Å². The Morgan fingerprint density at radius 3 is 2.76 bits per heavy atom. The van der Waals surface area contributed by atoms with Gasteiger partial charge in [-0.25, -0.2) is 4.98 Å². The number of hydrogen-bond donors (Lipinski definition) is 0. The van der Waals surface area contributed by atoms with Gasteiger partial charge in [0.05, 0.1) is 23.9 Å². The average molecular weight is 302 g/mol. The maximum atomic E-state index is 12.6. The molecule has 1 fully saturated rings. The molecule has 0 saturated carbocycles. The number of rotatable bonds is 2. The van der Waals surface area contributed by atoms with Crippen molar-refractivity contribution < 1.29 is 9.53 Å². The molecule has 2 heterocycles. The van der Waals surface area contributed by atoms with Gasteiger partial charge in [0.1, 0.15) is 11.0 Å². The van der Waals surface area contributed by atoms with Gasteiger partial charge in [-0.2, -0.15) is 0 Å². The highest BCUT2D eigenvalue weighted by Crippen LogP contribution is 2.27. The molecule has 5 heteroatoms. The van der Waals surface area contributed by atoms with E-state index in [1.54, 1.807) is 5.51 Å². The normalized spacial score (nSPS) is 22.3. The Morgan fingerprint density at radius 2 is 2.10 bits per heavy atom. The lowest BCUT2D eigenvalue weighted by atomic mass is 10.1. The van der Waals surface area contributed by atoms with Gasteiger partial charge in [0.15, 0.2) is 0 Å². The van der Waals surface area contributed by atoms with E-state index in [1.165, 1.54) is 11.3 Å². The predicted molar refractivity (Wildman–Crippen MR) is 82.5 cm³/mol. The molecule has 4 nitrogen and oxygen atoms in total. The van der Waals surface area contributed by atoms with E-state index in [4.69, 9.17) is 4.74 Å². The highest BCUT2D eigenvalue weighted by atomic mass is 32.1. The molecule has 2 atom stereocenters. The highest BCUT2D eigenvalue weighted by molar-refractivity contribution is 7.11. The van der Waals surface area contributed by atoms with Crippen molar-refractivity contribution in [1.29, 1.82) is 0 Å². The SMILES string of the molecule is Cc1ncsc1C(=O)N1C[C@@H](c2ccccc2)O[C@@H](C)C1. The fraction of sp³-hybridized carbons (Fsp3) is 0.375. The summed E-state index contributed by atoms with van der Waals surface area (Å²) in [6, 6.07) is 10.1. The molecule has 0 aliphatic carbocycles. The smallest absolute Gasteiger partial charge is 0.266 e. The second kappa shape index (κ2) is 5.95. The number of aryl methyl sites for hydroxylation is 1. The van der Waals surface area contributed by atoms with Crippen LogP contribution in [-0.2, 0) is 4.74 Å². The fourth-order valence-electron chi connectivity index (χ4n) is 2.62. The predicted octanol–water partition coefficient (Wildman–Crippen LogP) is 3.05. The molecule has 0 N–H and O–H groups in total. The van der Waals surface area contributed by atoms with Gasteiger partial charge < -0.3 is 9.64 Å². The van der Waals surface area contributed by atoms with Crippen LogP contribution in [-0.4, -0.2) is 35.0 Å². The van der Waals surface area contributed by atoms with E-state index in [9.17, 15) is 4.79 Å². The third kappa shape index (κ3) is 2.99. The zero-order chi connectivity index (χ0) is 14.8. The van der Waals surface area contributed by atoms with Crippen molar-refractivity contribution in [3.8, 4) is 0 Å². The molecule has 2 aromatic rings. The van der Waals surface area contributed by atoms with Crippen LogP contribution in [0.3, 0.4) is 0 Å². The van der Waals surface area contributed by atoms with Gasteiger partial charge >= 0.3 is 0 Å². The number of benzene rings is 1. The first-order chi connectivity index (χ1) is 10.1. The largest absolute Gasteiger partial charge is 0.367 e. The Labute approximate surface area is 128 Å². The number of ether oxygens (including phenoxy) is 1. The third-order valence-corrected chi connectivity index (χ3v) is 4.58. The van der Waals surface area contributed by atoms with Crippen LogP contribution in [0.4, 0.5) is 0 Å². The Balaban J connectivity index is 1.80. The summed E-state index contributed by atoms with van der Waals surface area (Å²) in [6.45, 7) is 5.10. The molecule has 0 radical (unpaired) electrons. The first kappa shape index (κ1) is 14.2. The number of hydrogen-bond acceptors (Lipinski definition) is 4. The summed E-state index contributed by atoms with van der Waals surface area (Å²) in [6.07, 6.45) is -0.0340. The summed E-state index contributed by atoms with van der Waals surface area (Å²) in [5, 5.41) is 0. The Kier molecular flexibility index (Phi) is 4.03. The lowest BCUT2D eigenvalue weighted by molar-refractivity contribution is -0.0690. The lowest BCUT2D eigenvalue weighted by Gasteiger charge is -2.37. The Hall–Kier alpha value is -1.72. The van der Waals surface area contributed by atoms with Crippen molar-refractivity contribution in [1.82, 2.24) is 9.88 Å². The second-order valence-corrected chi connectivity index (χ2v) is 6.18. The number of thiazole rings is 1. The van der Waals surface area contributed by atoms with E-state index < -0.39 is 0 Å². The van der Waals surface area contributed by atoms with Gasteiger partial charge in [-0.15, -0.1) is 11.3 Å². The van der Waals surface area contributed by atoms with Crippen molar-refractivity contribution in [2.24, 2.45) is 0 Å². The van der Waals surface area contributed by atoms with E-state index in [-0.39, 0.29) is 18.1 Å². The summed E-state index contributed by atoms with van der Waals surface area (Å²) in [5.74, 6) is 0.0612. The van der Waals surface area contributed by atoms with E-state index in [1.807, 2.05) is 49.1 Å². The fourth-order valence-corrected chi connectivity index (χ4v) is 3.39. The molecule has 21 heavy (non-hydrogen) atoms. The molecule has 1 aliphatic rings. The van der Waals surface area contributed by atoms with Crippen LogP contribution in [0, 0.1) is 6.92 Å². The average Bonchev–Trinajstić information content (AvgIpc) is 2.93. The Morgan fingerprint density at radius 1 is 1.33 bits per heavy atom. The topological polar surface area (TPSA) is 42.4 Å². The number of carbonyl (C=O) groups is 1. The molecule has 110 valence electrons. The molecule has 1 saturated heterocycles. The highest BCUT2D eigenvalue weighted by Gasteiger charge is 2.31. The summed E-state index contributed by atoms with van der Waals surface area (Å²) in [7, 11) is 0. The molecule has 3 rings (SSSR count). The minimum Gasteiger partial charge on any atom is -0.367 e. The molecule has 1 aromatic carbocycles. The zero-order valence-electron chi connectivity index (χ0n) is 12.2. The summed E-state index contributed by atoms with van der Waals surface area (Å²) in [4.78, 5) is 19.4. The van der Waals surface area contributed by atoms with Crippen LogP contribution in [0.25, 0.3) is 0 Å². The quantitative estimate of drug-likeness (QED) is 0.856. The van der Waals surface area contributed by atoms with Crippen LogP contribution in [0.1, 0.15) is 34.0 Å². The zero-order valence-corrected chi connectivity index (χ0v) is 13.0. The molecule has 0 bridgehead atoms. The third-order valence-electron chi connectivity index (χ3n) is 3.66. The van der Waals surface area contributed by atoms with E-state index in [0.29, 0.717) is 13.1 Å². The van der Waals surface area contributed by atoms with Crippen LogP contribution < -0.4 is 0 Å². The van der Waals surface area contributed by atoms with Crippen molar-refractivity contribution >= 4 is 17.2 Å². The second-order valence-electron chi connectivity index (χ2n) is 5.32.